The summed E-state index contributed by atoms with van der Waals surface area (Å²) in [6.07, 6.45) is 0.373. The molecule has 1 aliphatic rings. The third-order valence-electron chi connectivity index (χ3n) is 2.82. The van der Waals surface area contributed by atoms with E-state index in [2.05, 4.69) is 25.6 Å². The molecule has 0 atom stereocenters. The molecule has 1 saturated heterocycles. The van der Waals surface area contributed by atoms with Gasteiger partial charge >= 0.3 is 0 Å². The predicted octanol–water partition coefficient (Wildman–Crippen LogP) is 0.227. The van der Waals surface area contributed by atoms with Crippen LogP contribution in [0.25, 0.3) is 0 Å². The molecule has 0 aliphatic carbocycles. The van der Waals surface area contributed by atoms with Crippen molar-refractivity contribution in [3.63, 3.8) is 0 Å². The van der Waals surface area contributed by atoms with E-state index in [4.69, 9.17) is 16.3 Å². The van der Waals surface area contributed by atoms with Crippen molar-refractivity contribution < 1.29 is 9.53 Å². The van der Waals surface area contributed by atoms with Crippen molar-refractivity contribution in [2.75, 3.05) is 50.5 Å². The first-order valence-corrected chi connectivity index (χ1v) is 6.75. The second kappa shape index (κ2) is 7.20. The molecule has 2 N–H and O–H groups in total. The number of ether oxygens (including phenoxy) is 1. The largest absolute Gasteiger partial charge is 0.378 e. The molecular formula is C11H17ClN6O2. The fraction of sp³-hybridized carbons (Fsp3) is 0.636. The minimum atomic E-state index is 0.0924. The normalized spacial score (nSPS) is 15.0. The van der Waals surface area contributed by atoms with Crippen molar-refractivity contribution in [1.82, 2.24) is 19.9 Å². The quantitative estimate of drug-likeness (QED) is 0.804. The molecule has 1 fully saturated rings. The van der Waals surface area contributed by atoms with Gasteiger partial charge in [-0.15, -0.1) is 0 Å². The van der Waals surface area contributed by atoms with Gasteiger partial charge in [0, 0.05) is 33.1 Å². The van der Waals surface area contributed by atoms with Crippen LogP contribution < -0.4 is 10.6 Å². The molecule has 0 radical (unpaired) electrons. The summed E-state index contributed by atoms with van der Waals surface area (Å²) >= 11 is 5.76. The summed E-state index contributed by atoms with van der Waals surface area (Å²) in [5.74, 6) is 0.825. The van der Waals surface area contributed by atoms with Gasteiger partial charge in [-0.05, 0) is 11.6 Å². The Labute approximate surface area is 121 Å². The molecule has 2 heterocycles. The highest BCUT2D eigenvalue weighted by Crippen LogP contribution is 2.09. The molecule has 0 aromatic carbocycles. The maximum Gasteiger partial charge on any atom is 0.228 e. The van der Waals surface area contributed by atoms with Gasteiger partial charge in [-0.25, -0.2) is 0 Å². The summed E-state index contributed by atoms with van der Waals surface area (Å²) in [6, 6.07) is 0. The lowest BCUT2D eigenvalue weighted by atomic mass is 10.3. The molecular weight excluding hydrogens is 284 g/mol. The zero-order valence-corrected chi connectivity index (χ0v) is 12.0. The average Bonchev–Trinajstić information content (AvgIpc) is 2.47. The molecule has 0 bridgehead atoms. The molecule has 0 saturated carbocycles. The van der Waals surface area contributed by atoms with Crippen LogP contribution in [0.5, 0.6) is 0 Å². The molecule has 8 nitrogen and oxygen atoms in total. The Morgan fingerprint density at radius 1 is 1.30 bits per heavy atom. The molecule has 110 valence electrons. The highest BCUT2D eigenvalue weighted by molar-refractivity contribution is 6.28. The molecule has 1 aliphatic heterocycles. The molecule has 0 unspecified atom stereocenters. The lowest BCUT2D eigenvalue weighted by molar-refractivity contribution is -0.134. The van der Waals surface area contributed by atoms with Crippen molar-refractivity contribution in [2.45, 2.75) is 6.42 Å². The molecule has 1 aromatic rings. The topological polar surface area (TPSA) is 92.3 Å². The third kappa shape index (κ3) is 4.17. The number of hydrogen-bond acceptors (Lipinski definition) is 7. The van der Waals surface area contributed by atoms with Crippen LogP contribution in [-0.4, -0.2) is 65.7 Å². The second-order valence-corrected chi connectivity index (χ2v) is 4.51. The van der Waals surface area contributed by atoms with Gasteiger partial charge < -0.3 is 20.3 Å². The van der Waals surface area contributed by atoms with Crippen LogP contribution in [0.2, 0.25) is 5.28 Å². The van der Waals surface area contributed by atoms with Gasteiger partial charge in [-0.2, -0.15) is 15.0 Å². The van der Waals surface area contributed by atoms with E-state index in [0.29, 0.717) is 51.2 Å². The first kappa shape index (κ1) is 14.7. The number of carbonyl (C=O) groups excluding carboxylic acids is 1. The standard InChI is InChI=1S/C11H17ClN6O2/c1-13-10-15-9(12)16-11(17-10)14-3-2-8(19)18-4-6-20-7-5-18/h2-7H2,1H3,(H2,13,14,15,16,17). The fourth-order valence-corrected chi connectivity index (χ4v) is 1.95. The predicted molar refractivity (Wildman–Crippen MR) is 74.9 cm³/mol. The number of halogens is 1. The minimum Gasteiger partial charge on any atom is -0.378 e. The van der Waals surface area contributed by atoms with Gasteiger partial charge in [0.25, 0.3) is 0 Å². The zero-order chi connectivity index (χ0) is 14.4. The van der Waals surface area contributed by atoms with Crippen LogP contribution in [0, 0.1) is 0 Å². The Kier molecular flexibility index (Phi) is 5.31. The Hall–Kier alpha value is -1.67. The number of nitrogens with one attached hydrogen (secondary N) is 2. The molecule has 9 heteroatoms. The smallest absolute Gasteiger partial charge is 0.228 e. The van der Waals surface area contributed by atoms with E-state index in [-0.39, 0.29) is 11.2 Å². The van der Waals surface area contributed by atoms with Gasteiger partial charge in [0.2, 0.25) is 23.1 Å². The average molecular weight is 301 g/mol. The van der Waals surface area contributed by atoms with Gasteiger partial charge in [0.15, 0.2) is 0 Å². The van der Waals surface area contributed by atoms with Gasteiger partial charge in [0.05, 0.1) is 13.2 Å². The lowest BCUT2D eigenvalue weighted by Gasteiger charge is -2.26. The van der Waals surface area contributed by atoms with Crippen LogP contribution in [0.15, 0.2) is 0 Å². The van der Waals surface area contributed by atoms with Crippen LogP contribution in [0.4, 0.5) is 11.9 Å². The van der Waals surface area contributed by atoms with Crippen molar-refractivity contribution in [3.05, 3.63) is 5.28 Å². The van der Waals surface area contributed by atoms with Crippen LogP contribution in [0.3, 0.4) is 0 Å². The summed E-state index contributed by atoms with van der Waals surface area (Å²) < 4.78 is 5.20. The molecule has 1 amide bonds. The van der Waals surface area contributed by atoms with Crippen molar-refractivity contribution in [2.24, 2.45) is 0 Å². The number of morpholine rings is 1. The van der Waals surface area contributed by atoms with Gasteiger partial charge in [-0.1, -0.05) is 0 Å². The monoisotopic (exact) mass is 300 g/mol. The van der Waals surface area contributed by atoms with E-state index in [1.165, 1.54) is 0 Å². The molecule has 0 spiro atoms. The van der Waals surface area contributed by atoms with Crippen LogP contribution in [0.1, 0.15) is 6.42 Å². The van der Waals surface area contributed by atoms with Crippen molar-refractivity contribution in [1.29, 1.82) is 0 Å². The van der Waals surface area contributed by atoms with E-state index < -0.39 is 0 Å². The van der Waals surface area contributed by atoms with Crippen LogP contribution in [-0.2, 0) is 9.53 Å². The number of hydrogen-bond donors (Lipinski definition) is 2. The SMILES string of the molecule is CNc1nc(Cl)nc(NCCC(=O)N2CCOCC2)n1. The Bertz CT molecular complexity index is 466. The number of aromatic nitrogens is 3. The highest BCUT2D eigenvalue weighted by atomic mass is 35.5. The number of carbonyl (C=O) groups is 1. The molecule has 2 rings (SSSR count). The highest BCUT2D eigenvalue weighted by Gasteiger charge is 2.16. The van der Waals surface area contributed by atoms with E-state index in [1.54, 1.807) is 11.9 Å². The number of amides is 1. The summed E-state index contributed by atoms with van der Waals surface area (Å²) in [5, 5.41) is 5.85. The third-order valence-corrected chi connectivity index (χ3v) is 2.99. The minimum absolute atomic E-state index is 0.0924. The summed E-state index contributed by atoms with van der Waals surface area (Å²) in [4.78, 5) is 25.6. The van der Waals surface area contributed by atoms with Gasteiger partial charge in [-0.3, -0.25) is 4.79 Å². The summed E-state index contributed by atoms with van der Waals surface area (Å²) in [6.45, 7) is 2.96. The van der Waals surface area contributed by atoms with Crippen molar-refractivity contribution in [3.8, 4) is 0 Å². The van der Waals surface area contributed by atoms with Crippen LogP contribution >= 0.6 is 11.6 Å². The Balaban J connectivity index is 1.80. The van der Waals surface area contributed by atoms with E-state index in [9.17, 15) is 4.79 Å². The zero-order valence-electron chi connectivity index (χ0n) is 11.2. The second-order valence-electron chi connectivity index (χ2n) is 4.17. The summed E-state index contributed by atoms with van der Waals surface area (Å²) in [5.41, 5.74) is 0. The number of anilines is 2. The summed E-state index contributed by atoms with van der Waals surface area (Å²) in [7, 11) is 1.69. The molecule has 1 aromatic heterocycles. The Morgan fingerprint density at radius 3 is 2.70 bits per heavy atom. The number of nitrogens with zero attached hydrogens (tertiary/aromatic N) is 4. The van der Waals surface area contributed by atoms with E-state index in [0.717, 1.165) is 0 Å². The van der Waals surface area contributed by atoms with E-state index in [1.807, 2.05) is 0 Å². The first-order valence-electron chi connectivity index (χ1n) is 6.38. The molecule has 20 heavy (non-hydrogen) atoms. The maximum absolute atomic E-state index is 11.9. The maximum atomic E-state index is 11.9. The number of rotatable bonds is 5. The van der Waals surface area contributed by atoms with Gasteiger partial charge in [0.1, 0.15) is 0 Å². The first-order chi connectivity index (χ1) is 9.69. The van der Waals surface area contributed by atoms with E-state index >= 15 is 0 Å². The Morgan fingerprint density at radius 2 is 2.00 bits per heavy atom. The lowest BCUT2D eigenvalue weighted by Crippen LogP contribution is -2.41. The fourth-order valence-electron chi connectivity index (χ4n) is 1.79. The van der Waals surface area contributed by atoms with Crippen molar-refractivity contribution >= 4 is 29.4 Å².